The second kappa shape index (κ2) is 7.34. The molecular weight excluding hydrogens is 304 g/mol. The molecule has 5 nitrogen and oxygen atoms in total. The van der Waals surface area contributed by atoms with Gasteiger partial charge in [-0.3, -0.25) is 9.59 Å². The Morgan fingerprint density at radius 1 is 1.21 bits per heavy atom. The molecule has 1 fully saturated rings. The minimum Gasteiger partial charge on any atom is -0.467 e. The van der Waals surface area contributed by atoms with Crippen LogP contribution in [0.25, 0.3) is 0 Å². The first kappa shape index (κ1) is 16.3. The second-order valence-corrected chi connectivity index (χ2v) is 6.26. The summed E-state index contributed by atoms with van der Waals surface area (Å²) >= 11 is 0. The van der Waals surface area contributed by atoms with E-state index in [4.69, 9.17) is 4.42 Å². The van der Waals surface area contributed by atoms with E-state index < -0.39 is 0 Å². The van der Waals surface area contributed by atoms with E-state index in [2.05, 4.69) is 0 Å². The van der Waals surface area contributed by atoms with Crippen molar-refractivity contribution in [2.45, 2.75) is 25.9 Å². The lowest BCUT2D eigenvalue weighted by atomic mass is 9.94. The standard InChI is InChI=1S/C19H22N2O3/c1-20-10-9-16(12-18(20)22)19(23)21(14-17-8-5-11-24-17)13-15-6-3-2-4-7-15/h2-8,11,16H,9-10,12-14H2,1H3. The minimum atomic E-state index is -0.243. The molecule has 0 bridgehead atoms. The van der Waals surface area contributed by atoms with Crippen LogP contribution in [0.5, 0.6) is 0 Å². The Labute approximate surface area is 141 Å². The lowest BCUT2D eigenvalue weighted by molar-refractivity contribution is -0.145. The number of benzene rings is 1. The molecule has 0 N–H and O–H groups in total. The Kier molecular flexibility index (Phi) is 4.99. The van der Waals surface area contributed by atoms with Crippen LogP contribution in [0.15, 0.2) is 53.1 Å². The maximum absolute atomic E-state index is 13.0. The highest BCUT2D eigenvalue weighted by Gasteiger charge is 2.31. The zero-order chi connectivity index (χ0) is 16.9. The third-order valence-electron chi connectivity index (χ3n) is 4.46. The Morgan fingerprint density at radius 3 is 2.67 bits per heavy atom. The van der Waals surface area contributed by atoms with E-state index in [9.17, 15) is 9.59 Å². The van der Waals surface area contributed by atoms with Gasteiger partial charge in [0.25, 0.3) is 0 Å². The SMILES string of the molecule is CN1CCC(C(=O)N(Cc2ccccc2)Cc2ccco2)CC1=O. The van der Waals surface area contributed by atoms with Gasteiger partial charge in [-0.15, -0.1) is 0 Å². The van der Waals surface area contributed by atoms with Crippen LogP contribution in [0.3, 0.4) is 0 Å². The van der Waals surface area contributed by atoms with Gasteiger partial charge >= 0.3 is 0 Å². The number of likely N-dealkylation sites (tertiary alicyclic amines) is 1. The van der Waals surface area contributed by atoms with Gasteiger partial charge in [0.05, 0.1) is 12.8 Å². The van der Waals surface area contributed by atoms with Gasteiger partial charge in [0, 0.05) is 32.5 Å². The molecule has 1 aromatic heterocycles. The van der Waals surface area contributed by atoms with Gasteiger partial charge in [-0.05, 0) is 24.1 Å². The fourth-order valence-corrected chi connectivity index (χ4v) is 3.02. The van der Waals surface area contributed by atoms with Gasteiger partial charge in [-0.1, -0.05) is 30.3 Å². The Hall–Kier alpha value is -2.56. The Balaban J connectivity index is 1.75. The number of amides is 2. The van der Waals surface area contributed by atoms with Crippen molar-refractivity contribution in [2.24, 2.45) is 5.92 Å². The number of hydrogen-bond donors (Lipinski definition) is 0. The summed E-state index contributed by atoms with van der Waals surface area (Å²) in [5.41, 5.74) is 1.07. The second-order valence-electron chi connectivity index (χ2n) is 6.26. The zero-order valence-electron chi connectivity index (χ0n) is 13.9. The van der Waals surface area contributed by atoms with Gasteiger partial charge < -0.3 is 14.2 Å². The molecule has 126 valence electrons. The van der Waals surface area contributed by atoms with Gasteiger partial charge in [0.2, 0.25) is 11.8 Å². The maximum Gasteiger partial charge on any atom is 0.226 e. The summed E-state index contributed by atoms with van der Waals surface area (Å²) in [5, 5.41) is 0. The molecule has 1 atom stereocenters. The maximum atomic E-state index is 13.0. The highest BCUT2D eigenvalue weighted by atomic mass is 16.3. The van der Waals surface area contributed by atoms with E-state index in [1.807, 2.05) is 42.5 Å². The number of rotatable bonds is 5. The van der Waals surface area contributed by atoms with E-state index in [1.54, 1.807) is 23.1 Å². The fourth-order valence-electron chi connectivity index (χ4n) is 3.02. The highest BCUT2D eigenvalue weighted by molar-refractivity contribution is 5.86. The average molecular weight is 326 g/mol. The van der Waals surface area contributed by atoms with Crippen molar-refractivity contribution in [3.05, 3.63) is 60.1 Å². The van der Waals surface area contributed by atoms with Crippen LogP contribution in [-0.2, 0) is 22.7 Å². The van der Waals surface area contributed by atoms with Crippen molar-refractivity contribution >= 4 is 11.8 Å². The van der Waals surface area contributed by atoms with Crippen LogP contribution in [0.2, 0.25) is 0 Å². The van der Waals surface area contributed by atoms with Crippen LogP contribution in [-0.4, -0.2) is 35.2 Å². The zero-order valence-corrected chi connectivity index (χ0v) is 13.9. The first-order chi connectivity index (χ1) is 11.6. The molecule has 1 aliphatic rings. The summed E-state index contributed by atoms with van der Waals surface area (Å²) in [4.78, 5) is 28.4. The molecule has 24 heavy (non-hydrogen) atoms. The van der Waals surface area contributed by atoms with E-state index in [0.717, 1.165) is 11.3 Å². The van der Waals surface area contributed by atoms with Gasteiger partial charge in [-0.2, -0.15) is 0 Å². The monoisotopic (exact) mass is 326 g/mol. The summed E-state index contributed by atoms with van der Waals surface area (Å²) in [5.74, 6) is 0.569. The van der Waals surface area contributed by atoms with Crippen molar-refractivity contribution in [1.29, 1.82) is 0 Å². The molecule has 1 saturated heterocycles. The van der Waals surface area contributed by atoms with E-state index in [0.29, 0.717) is 32.5 Å². The van der Waals surface area contributed by atoms with Crippen molar-refractivity contribution in [2.75, 3.05) is 13.6 Å². The molecule has 3 rings (SSSR count). The molecule has 0 saturated carbocycles. The summed E-state index contributed by atoms with van der Waals surface area (Å²) in [7, 11) is 1.79. The lowest BCUT2D eigenvalue weighted by Gasteiger charge is -2.32. The molecule has 1 aromatic carbocycles. The van der Waals surface area contributed by atoms with E-state index in [1.165, 1.54) is 0 Å². The fraction of sp³-hybridized carbons (Fsp3) is 0.368. The lowest BCUT2D eigenvalue weighted by Crippen LogP contribution is -2.43. The number of hydrogen-bond acceptors (Lipinski definition) is 3. The summed E-state index contributed by atoms with van der Waals surface area (Å²) in [6, 6.07) is 13.6. The van der Waals surface area contributed by atoms with Crippen LogP contribution in [0.4, 0.5) is 0 Å². The Morgan fingerprint density at radius 2 is 2.00 bits per heavy atom. The van der Waals surface area contributed by atoms with Crippen LogP contribution >= 0.6 is 0 Å². The van der Waals surface area contributed by atoms with Gasteiger partial charge in [-0.25, -0.2) is 0 Å². The smallest absolute Gasteiger partial charge is 0.226 e. The van der Waals surface area contributed by atoms with Gasteiger partial charge in [0.15, 0.2) is 0 Å². The predicted octanol–water partition coefficient (Wildman–Crippen LogP) is 2.68. The van der Waals surface area contributed by atoms with Crippen molar-refractivity contribution < 1.29 is 14.0 Å². The normalized spacial score (nSPS) is 17.8. The molecule has 0 spiro atoms. The molecular formula is C19H22N2O3. The number of piperidine rings is 1. The van der Waals surface area contributed by atoms with Crippen LogP contribution in [0.1, 0.15) is 24.2 Å². The van der Waals surface area contributed by atoms with Crippen molar-refractivity contribution in [3.8, 4) is 0 Å². The summed E-state index contributed by atoms with van der Waals surface area (Å²) in [6.07, 6.45) is 2.61. The molecule has 5 heteroatoms. The summed E-state index contributed by atoms with van der Waals surface area (Å²) < 4.78 is 5.41. The first-order valence-electron chi connectivity index (χ1n) is 8.22. The number of carbonyl (C=O) groups excluding carboxylic acids is 2. The largest absolute Gasteiger partial charge is 0.467 e. The molecule has 2 heterocycles. The quantitative estimate of drug-likeness (QED) is 0.849. The number of carbonyl (C=O) groups is 2. The minimum absolute atomic E-state index is 0.0247. The summed E-state index contributed by atoms with van der Waals surface area (Å²) in [6.45, 7) is 1.57. The molecule has 2 aromatic rings. The van der Waals surface area contributed by atoms with Crippen molar-refractivity contribution in [3.63, 3.8) is 0 Å². The Bertz CT molecular complexity index is 682. The topological polar surface area (TPSA) is 53.8 Å². The predicted molar refractivity (Wildman–Crippen MR) is 89.8 cm³/mol. The number of nitrogens with zero attached hydrogens (tertiary/aromatic N) is 2. The highest BCUT2D eigenvalue weighted by Crippen LogP contribution is 2.22. The molecule has 0 radical (unpaired) electrons. The van der Waals surface area contributed by atoms with Crippen molar-refractivity contribution in [1.82, 2.24) is 9.80 Å². The van der Waals surface area contributed by atoms with E-state index in [-0.39, 0.29) is 17.7 Å². The van der Waals surface area contributed by atoms with Crippen LogP contribution in [0, 0.1) is 5.92 Å². The molecule has 1 unspecified atom stereocenters. The number of furan rings is 1. The third-order valence-corrected chi connectivity index (χ3v) is 4.46. The molecule has 1 aliphatic heterocycles. The average Bonchev–Trinajstić information content (AvgIpc) is 3.10. The van der Waals surface area contributed by atoms with E-state index >= 15 is 0 Å². The molecule has 0 aliphatic carbocycles. The molecule has 2 amide bonds. The third kappa shape index (κ3) is 3.85. The van der Waals surface area contributed by atoms with Crippen LogP contribution < -0.4 is 0 Å². The van der Waals surface area contributed by atoms with Gasteiger partial charge in [0.1, 0.15) is 5.76 Å². The first-order valence-corrected chi connectivity index (χ1v) is 8.22.